The maximum atomic E-state index is 12.8. The number of halogens is 1. The molecular weight excluding hydrogens is 420 g/mol. The first-order valence-electron chi connectivity index (χ1n) is 10.2. The highest BCUT2D eigenvalue weighted by Gasteiger charge is 2.27. The number of amides is 3. The molecule has 3 amide bonds. The van der Waals surface area contributed by atoms with Crippen LogP contribution in [0.15, 0.2) is 39.5 Å². The fourth-order valence-corrected chi connectivity index (χ4v) is 4.05. The molecule has 2 aliphatic rings. The van der Waals surface area contributed by atoms with Crippen molar-refractivity contribution in [2.75, 3.05) is 43.4 Å². The van der Waals surface area contributed by atoms with Gasteiger partial charge in [0.25, 0.3) is 5.91 Å². The first kappa shape index (κ1) is 22.8. The average molecular weight is 447 g/mol. The second-order valence-electron chi connectivity index (χ2n) is 7.88. The Hall–Kier alpha value is -2.84. The van der Waals surface area contributed by atoms with Crippen LogP contribution < -0.4 is 21.2 Å². The first-order valence-corrected chi connectivity index (χ1v) is 10.2. The lowest BCUT2D eigenvalue weighted by Crippen LogP contribution is -2.29. The van der Waals surface area contributed by atoms with Crippen LogP contribution in [0, 0.1) is 6.92 Å². The third-order valence-corrected chi connectivity index (χ3v) is 5.77. The van der Waals surface area contributed by atoms with E-state index in [9.17, 15) is 14.4 Å². The van der Waals surface area contributed by atoms with Crippen molar-refractivity contribution in [2.45, 2.75) is 25.7 Å². The molecule has 2 saturated heterocycles. The van der Waals surface area contributed by atoms with Gasteiger partial charge in [0, 0.05) is 37.4 Å². The van der Waals surface area contributed by atoms with Crippen LogP contribution >= 0.6 is 12.4 Å². The molecular formula is C22H27ClN4O4. The zero-order valence-electron chi connectivity index (χ0n) is 17.6. The standard InChI is InChI=1S/C22H26N4O4.ClH/c1-14-12-18(15-6-8-23-9-7-15)30-21(28)19(14)20(27)24-16-4-3-5-17(13-16)26-11-10-25(2)22(26)29;/h3-5,12-13,15,23H,6-11H2,1-2H3,(H,24,27);1H. The van der Waals surface area contributed by atoms with Crippen molar-refractivity contribution in [3.8, 4) is 0 Å². The lowest BCUT2D eigenvalue weighted by molar-refractivity contribution is 0.102. The predicted octanol–water partition coefficient (Wildman–Crippen LogP) is 2.96. The Kier molecular flexibility index (Phi) is 7.02. The highest BCUT2D eigenvalue weighted by Crippen LogP contribution is 2.26. The van der Waals surface area contributed by atoms with Crippen LogP contribution in [0.5, 0.6) is 0 Å². The number of benzene rings is 1. The van der Waals surface area contributed by atoms with E-state index in [4.69, 9.17) is 4.42 Å². The fraction of sp³-hybridized carbons (Fsp3) is 0.409. The maximum absolute atomic E-state index is 12.8. The van der Waals surface area contributed by atoms with Crippen molar-refractivity contribution in [2.24, 2.45) is 0 Å². The maximum Gasteiger partial charge on any atom is 0.349 e. The van der Waals surface area contributed by atoms with Crippen LogP contribution in [0.1, 0.15) is 40.4 Å². The summed E-state index contributed by atoms with van der Waals surface area (Å²) < 4.78 is 5.52. The summed E-state index contributed by atoms with van der Waals surface area (Å²) in [4.78, 5) is 40.9. The van der Waals surface area contributed by atoms with Gasteiger partial charge in [-0.3, -0.25) is 9.69 Å². The van der Waals surface area contributed by atoms with Gasteiger partial charge in [0.1, 0.15) is 11.3 Å². The number of piperidine rings is 1. The second kappa shape index (κ2) is 9.53. The van der Waals surface area contributed by atoms with Crippen molar-refractivity contribution in [1.82, 2.24) is 10.2 Å². The van der Waals surface area contributed by atoms with Gasteiger partial charge >= 0.3 is 11.7 Å². The van der Waals surface area contributed by atoms with E-state index in [1.165, 1.54) is 0 Å². The van der Waals surface area contributed by atoms with E-state index in [0.717, 1.165) is 25.9 Å². The number of carbonyl (C=O) groups excluding carboxylic acids is 2. The quantitative estimate of drug-likeness (QED) is 0.752. The molecule has 0 radical (unpaired) electrons. The van der Waals surface area contributed by atoms with Gasteiger partial charge in [-0.1, -0.05) is 6.07 Å². The largest absolute Gasteiger partial charge is 0.427 e. The van der Waals surface area contributed by atoms with E-state index in [1.54, 1.807) is 48.0 Å². The number of hydrogen-bond donors (Lipinski definition) is 2. The normalized spacial score (nSPS) is 16.9. The second-order valence-corrected chi connectivity index (χ2v) is 7.88. The molecule has 1 aromatic carbocycles. The summed E-state index contributed by atoms with van der Waals surface area (Å²) in [6.07, 6.45) is 1.82. The summed E-state index contributed by atoms with van der Waals surface area (Å²) in [6, 6.07) is 8.78. The molecule has 0 bridgehead atoms. The molecule has 0 unspecified atom stereocenters. The fourth-order valence-electron chi connectivity index (χ4n) is 4.05. The smallest absolute Gasteiger partial charge is 0.349 e. The number of nitrogens with zero attached hydrogens (tertiary/aromatic N) is 2. The number of carbonyl (C=O) groups is 2. The van der Waals surface area contributed by atoms with Crippen molar-refractivity contribution in [3.05, 3.63) is 57.6 Å². The zero-order chi connectivity index (χ0) is 21.3. The van der Waals surface area contributed by atoms with Gasteiger partial charge in [0.2, 0.25) is 0 Å². The van der Waals surface area contributed by atoms with Crippen molar-refractivity contribution in [3.63, 3.8) is 0 Å². The summed E-state index contributed by atoms with van der Waals surface area (Å²) in [5, 5.41) is 6.06. The first-order chi connectivity index (χ1) is 14.4. The van der Waals surface area contributed by atoms with E-state index < -0.39 is 11.5 Å². The average Bonchev–Trinajstić information content (AvgIpc) is 3.07. The van der Waals surface area contributed by atoms with Gasteiger partial charge in [-0.25, -0.2) is 9.59 Å². The topological polar surface area (TPSA) is 94.9 Å². The summed E-state index contributed by atoms with van der Waals surface area (Å²) in [7, 11) is 1.75. The molecule has 4 rings (SSSR count). The minimum absolute atomic E-state index is 0. The van der Waals surface area contributed by atoms with Crippen LogP contribution in [-0.2, 0) is 0 Å². The third kappa shape index (κ3) is 4.75. The van der Waals surface area contributed by atoms with Gasteiger partial charge in [-0.2, -0.15) is 0 Å². The summed E-state index contributed by atoms with van der Waals surface area (Å²) in [6.45, 7) is 4.78. The van der Waals surface area contributed by atoms with Gasteiger partial charge in [-0.15, -0.1) is 12.4 Å². The SMILES string of the molecule is Cc1cc(C2CCNCC2)oc(=O)c1C(=O)Nc1cccc(N2CCN(C)C2=O)c1.Cl. The van der Waals surface area contributed by atoms with Gasteiger partial charge in [0.15, 0.2) is 0 Å². The molecule has 31 heavy (non-hydrogen) atoms. The molecule has 0 aliphatic carbocycles. The van der Waals surface area contributed by atoms with Gasteiger partial charge < -0.3 is 20.0 Å². The van der Waals surface area contributed by atoms with Gasteiger partial charge in [-0.05, 0) is 62.7 Å². The van der Waals surface area contributed by atoms with E-state index in [1.807, 2.05) is 6.07 Å². The van der Waals surface area contributed by atoms with E-state index >= 15 is 0 Å². The molecule has 1 aromatic heterocycles. The molecule has 0 saturated carbocycles. The Morgan fingerprint density at radius 1 is 1.16 bits per heavy atom. The van der Waals surface area contributed by atoms with E-state index in [0.29, 0.717) is 35.8 Å². The molecule has 9 heteroatoms. The molecule has 2 fully saturated rings. The van der Waals surface area contributed by atoms with Crippen LogP contribution in [0.2, 0.25) is 0 Å². The number of rotatable bonds is 4. The Bertz CT molecular complexity index is 1030. The molecule has 166 valence electrons. The molecule has 8 nitrogen and oxygen atoms in total. The third-order valence-electron chi connectivity index (χ3n) is 5.77. The summed E-state index contributed by atoms with van der Waals surface area (Å²) in [5.41, 5.74) is 1.21. The summed E-state index contributed by atoms with van der Waals surface area (Å²) >= 11 is 0. The van der Waals surface area contributed by atoms with Crippen molar-refractivity contribution < 1.29 is 14.0 Å². The number of likely N-dealkylation sites (N-methyl/N-ethyl adjacent to an activating group) is 1. The van der Waals surface area contributed by atoms with Crippen molar-refractivity contribution in [1.29, 1.82) is 0 Å². The Morgan fingerprint density at radius 3 is 2.55 bits per heavy atom. The Balaban J connectivity index is 0.00000272. The Labute approximate surface area is 187 Å². The molecule has 3 heterocycles. The summed E-state index contributed by atoms with van der Waals surface area (Å²) in [5.74, 6) is 0.330. The highest BCUT2D eigenvalue weighted by atomic mass is 35.5. The number of aryl methyl sites for hydroxylation is 1. The van der Waals surface area contributed by atoms with E-state index in [2.05, 4.69) is 10.6 Å². The highest BCUT2D eigenvalue weighted by molar-refractivity contribution is 6.05. The molecule has 2 aromatic rings. The predicted molar refractivity (Wildman–Crippen MR) is 122 cm³/mol. The minimum atomic E-state index is -0.617. The molecule has 2 aliphatic heterocycles. The number of nitrogens with one attached hydrogen (secondary N) is 2. The van der Waals surface area contributed by atoms with Crippen LogP contribution in [0.4, 0.5) is 16.2 Å². The van der Waals surface area contributed by atoms with Crippen LogP contribution in [-0.4, -0.2) is 50.1 Å². The van der Waals surface area contributed by atoms with Crippen molar-refractivity contribution >= 4 is 35.7 Å². The minimum Gasteiger partial charge on any atom is -0.427 e. The molecule has 0 spiro atoms. The van der Waals surface area contributed by atoms with E-state index in [-0.39, 0.29) is 29.9 Å². The number of anilines is 2. The number of urea groups is 1. The van der Waals surface area contributed by atoms with Gasteiger partial charge in [0.05, 0.1) is 0 Å². The molecule has 0 atom stereocenters. The Morgan fingerprint density at radius 2 is 1.90 bits per heavy atom. The number of hydrogen-bond acceptors (Lipinski definition) is 5. The molecule has 2 N–H and O–H groups in total. The lowest BCUT2D eigenvalue weighted by Gasteiger charge is -2.22. The van der Waals surface area contributed by atoms with Crippen LogP contribution in [0.25, 0.3) is 0 Å². The lowest BCUT2D eigenvalue weighted by atomic mass is 9.94. The zero-order valence-corrected chi connectivity index (χ0v) is 18.5. The monoisotopic (exact) mass is 446 g/mol. The van der Waals surface area contributed by atoms with Crippen LogP contribution in [0.3, 0.4) is 0 Å².